The number of hydrogen-bond acceptors (Lipinski definition) is 32. The van der Waals surface area contributed by atoms with Crippen LogP contribution >= 0.6 is 0 Å². The van der Waals surface area contributed by atoms with E-state index in [1.807, 2.05) is 82.5 Å². The topological polar surface area (TPSA) is 368 Å². The van der Waals surface area contributed by atoms with E-state index in [1.165, 1.54) is 19.2 Å². The molecule has 3 N–H and O–H groups in total. The Morgan fingerprint density at radius 3 is 1.52 bits per heavy atom. The van der Waals surface area contributed by atoms with Crippen LogP contribution in [0.4, 0.5) is 30.5 Å². The molecule has 4 amide bonds. The van der Waals surface area contributed by atoms with Gasteiger partial charge >= 0.3 is 18.3 Å². The number of anilines is 2. The Kier molecular flexibility index (Phi) is 29.4. The van der Waals surface area contributed by atoms with Gasteiger partial charge in [0.15, 0.2) is 28.9 Å². The highest BCUT2D eigenvalue weighted by molar-refractivity contribution is 5.92. The molecule has 10 saturated heterocycles. The van der Waals surface area contributed by atoms with Gasteiger partial charge in [-0.25, -0.2) is 23.8 Å². The van der Waals surface area contributed by atoms with Crippen LogP contribution in [0, 0.1) is 11.2 Å². The second kappa shape index (κ2) is 39.8. The van der Waals surface area contributed by atoms with Gasteiger partial charge in [0.25, 0.3) is 0 Å². The highest BCUT2D eigenvalue weighted by Crippen LogP contribution is 2.43. The summed E-state index contributed by atoms with van der Waals surface area (Å²) in [6.07, 6.45) is -5.92. The maximum absolute atomic E-state index is 14.7. The largest absolute Gasteiger partial charge is 0.493 e. The molecular formula is C83H116FN9O27. The van der Waals surface area contributed by atoms with Crippen molar-refractivity contribution in [2.24, 2.45) is 5.41 Å². The summed E-state index contributed by atoms with van der Waals surface area (Å²) in [4.78, 5) is 85.8. The molecule has 14 atom stereocenters. The van der Waals surface area contributed by atoms with Crippen molar-refractivity contribution in [2.75, 3.05) is 209 Å². The molecule has 662 valence electrons. The fourth-order valence-corrected chi connectivity index (χ4v) is 17.4. The number of fused-ring (bicyclic) bond motifs is 4. The van der Waals surface area contributed by atoms with E-state index in [2.05, 4.69) is 5.32 Å². The number of halogens is 1. The molecule has 14 rings (SSSR count). The number of rotatable bonds is 42. The van der Waals surface area contributed by atoms with Gasteiger partial charge in [0.1, 0.15) is 105 Å². The third kappa shape index (κ3) is 21.5. The van der Waals surface area contributed by atoms with Crippen LogP contribution in [-0.2, 0) is 99.6 Å². The van der Waals surface area contributed by atoms with Crippen molar-refractivity contribution >= 4 is 52.6 Å². The summed E-state index contributed by atoms with van der Waals surface area (Å²) in [7, 11) is 3.08. The van der Waals surface area contributed by atoms with E-state index in [-0.39, 0.29) is 194 Å². The van der Waals surface area contributed by atoms with Crippen LogP contribution in [0.3, 0.4) is 0 Å². The summed E-state index contributed by atoms with van der Waals surface area (Å²) in [6.45, 7) is 18.2. The van der Waals surface area contributed by atoms with Crippen LogP contribution in [0.15, 0.2) is 60.7 Å². The number of benzene rings is 3. The van der Waals surface area contributed by atoms with Gasteiger partial charge in [-0.2, -0.15) is 4.98 Å². The van der Waals surface area contributed by atoms with Crippen molar-refractivity contribution < 1.29 is 133 Å². The number of carbonyl (C=O) groups excluding carboxylic acids is 5. The van der Waals surface area contributed by atoms with Crippen molar-refractivity contribution in [3.05, 3.63) is 77.6 Å². The summed E-state index contributed by atoms with van der Waals surface area (Å²) in [5, 5.41) is 3.98. The second-order valence-electron chi connectivity index (χ2n) is 32.9. The zero-order chi connectivity index (χ0) is 84.3. The average Bonchev–Trinajstić information content (AvgIpc) is 1.58. The molecule has 4 aromatic rings. The second-order valence-corrected chi connectivity index (χ2v) is 32.9. The summed E-state index contributed by atoms with van der Waals surface area (Å²) in [6, 6.07) is 15.1. The minimum absolute atomic E-state index is 0.00393. The van der Waals surface area contributed by atoms with E-state index in [1.54, 1.807) is 46.1 Å². The molecule has 1 aromatic heterocycles. The number of ether oxygens (including phenoxy) is 22. The maximum Gasteiger partial charge on any atom is 0.410 e. The summed E-state index contributed by atoms with van der Waals surface area (Å²) in [5.41, 5.74) is 7.71. The monoisotopic (exact) mass is 1690 g/mol. The molecule has 10 fully saturated rings. The first kappa shape index (κ1) is 88.5. The zero-order valence-electron chi connectivity index (χ0n) is 69.9. The molecule has 10 aliphatic rings. The van der Waals surface area contributed by atoms with Crippen molar-refractivity contribution in [1.29, 1.82) is 0 Å². The average molecular weight is 1690 g/mol. The lowest BCUT2D eigenvalue weighted by Gasteiger charge is -2.42. The number of amides is 4. The third-order valence-electron chi connectivity index (χ3n) is 23.1. The third-order valence-corrected chi connectivity index (χ3v) is 23.1. The first-order valence-corrected chi connectivity index (χ1v) is 41.6. The first-order chi connectivity index (χ1) is 57.9. The van der Waals surface area contributed by atoms with E-state index in [9.17, 15) is 28.4 Å². The number of Topliss-reactive ketones (excluding diaryl/α,β-unsaturated/α-hetero) is 1. The molecule has 0 radical (unpaired) electrons. The highest BCUT2D eigenvalue weighted by atomic mass is 19.1. The lowest BCUT2D eigenvalue weighted by molar-refractivity contribution is -0.163. The molecular weight excluding hydrogens is 1570 g/mol. The Balaban J connectivity index is 0.634. The lowest BCUT2D eigenvalue weighted by atomic mass is 9.84. The van der Waals surface area contributed by atoms with Gasteiger partial charge in [0, 0.05) is 61.8 Å². The van der Waals surface area contributed by atoms with Crippen molar-refractivity contribution in [3.63, 3.8) is 0 Å². The Morgan fingerprint density at radius 1 is 0.567 bits per heavy atom. The van der Waals surface area contributed by atoms with Gasteiger partial charge in [0.05, 0.1) is 176 Å². The standard InChI is InChI=1S/C83H116FN9O27/c1-10-86-57(51-14-16-53(84)17-15-51)39-68(95)89-19-20-90(76-87-58-38-64(100-9)63(99-8)37-56(58)75(85)88-76)59(41-89)52-12-11-13-55(36-52)108-35-34-101-24-18-54(94)40-83(48-105-31-28-102-45-65-72-69(115-80(2,3)118-72)60(42-112-65)91-21-25-109-77(91)96,49-106-32-29-103-46-66-73-70(116-81(4,5)119-73)61(43-113-66)92-22-26-110-78(92)97)50-107-33-30-104-47-67-74-71(117-82(6,7)120-74)62(44-114-67)93-23-27-111-79(93)98/h11-17,36-38,57,59-62,65-67,69-74,86H,10,18-35,39-50H2,1-9H3,(H2,85,87,88)/t57-,59?,60-,61-,62-,65-,66-,67-,69-,70-,71-,72+,73+,74+/m1/s1. The number of nitrogens with zero attached hydrogens (tertiary/aromatic N) is 7. The molecule has 10 aliphatic heterocycles. The van der Waals surface area contributed by atoms with Gasteiger partial charge in [-0.3, -0.25) is 24.3 Å². The molecule has 3 aromatic carbocycles. The summed E-state index contributed by atoms with van der Waals surface area (Å²) >= 11 is 0. The first-order valence-electron chi connectivity index (χ1n) is 41.6. The normalized spacial score (nSPS) is 27.8. The molecule has 11 heterocycles. The van der Waals surface area contributed by atoms with Crippen LogP contribution in [0.2, 0.25) is 0 Å². The Morgan fingerprint density at radius 2 is 1.04 bits per heavy atom. The van der Waals surface area contributed by atoms with Crippen molar-refractivity contribution in [3.8, 4) is 17.2 Å². The van der Waals surface area contributed by atoms with Crippen LogP contribution in [0.5, 0.6) is 17.2 Å². The highest BCUT2D eigenvalue weighted by Gasteiger charge is 2.58. The number of nitrogens with one attached hydrogen (secondary N) is 1. The molecule has 0 spiro atoms. The van der Waals surface area contributed by atoms with Crippen LogP contribution in [0.25, 0.3) is 10.9 Å². The smallest absolute Gasteiger partial charge is 0.410 e. The zero-order valence-corrected chi connectivity index (χ0v) is 69.9. The Hall–Kier alpha value is -7.80. The van der Waals surface area contributed by atoms with E-state index in [4.69, 9.17) is 120 Å². The number of carbonyl (C=O) groups is 5. The molecule has 1 unspecified atom stereocenters. The molecule has 0 saturated carbocycles. The molecule has 0 aliphatic carbocycles. The van der Waals surface area contributed by atoms with Crippen LogP contribution < -0.4 is 30.2 Å². The molecule has 120 heavy (non-hydrogen) atoms. The number of aromatic nitrogens is 2. The molecule has 36 nitrogen and oxygen atoms in total. The van der Waals surface area contributed by atoms with Gasteiger partial charge in [0.2, 0.25) is 11.9 Å². The number of nitrogens with two attached hydrogens (primary N) is 1. The minimum Gasteiger partial charge on any atom is -0.493 e. The summed E-state index contributed by atoms with van der Waals surface area (Å²) in [5.74, 6) is -1.44. The minimum atomic E-state index is -1.11. The number of hydrogen-bond donors (Lipinski definition) is 2. The van der Waals surface area contributed by atoms with Crippen molar-refractivity contribution in [1.82, 2.24) is 34.9 Å². The van der Waals surface area contributed by atoms with E-state index >= 15 is 0 Å². The molecule has 0 bridgehead atoms. The lowest BCUT2D eigenvalue weighted by Crippen LogP contribution is -2.59. The van der Waals surface area contributed by atoms with Crippen molar-refractivity contribution in [2.45, 2.75) is 170 Å². The maximum atomic E-state index is 14.7. The fourth-order valence-electron chi connectivity index (χ4n) is 17.4. The Bertz CT molecular complexity index is 3920. The van der Waals surface area contributed by atoms with Gasteiger partial charge in [-0.05, 0) is 89.5 Å². The predicted molar refractivity (Wildman–Crippen MR) is 422 cm³/mol. The predicted octanol–water partition coefficient (Wildman–Crippen LogP) is 5.55. The van der Waals surface area contributed by atoms with Gasteiger partial charge < -0.3 is 125 Å². The van der Waals surface area contributed by atoms with E-state index < -0.39 is 120 Å². The van der Waals surface area contributed by atoms with Gasteiger partial charge in [-0.1, -0.05) is 31.2 Å². The van der Waals surface area contributed by atoms with Gasteiger partial charge in [-0.15, -0.1) is 0 Å². The van der Waals surface area contributed by atoms with Crippen LogP contribution in [0.1, 0.15) is 90.9 Å². The number of methoxy groups -OCH3 is 2. The molecule has 37 heteroatoms. The van der Waals surface area contributed by atoms with Crippen LogP contribution in [-0.4, -0.2) is 349 Å². The van der Waals surface area contributed by atoms with E-state index in [0.717, 1.165) is 11.1 Å². The number of cyclic esters (lactones) is 3. The Labute approximate surface area is 697 Å². The SMILES string of the molecule is CCN[C@H](CC(=O)N1CCN(c2nc(N)c3cc(OC)c(OC)cc3n2)C(c2cccc(OCCOCCC(=O)CC(COCCOC[C@H]3OC[C@@H](N4CCOC4=O)[C@H]4OC(C)(C)O[C@H]43)(COCCOC[C@H]3OC[C@@H](N4CCOC4=O)[C@H]4OC(C)(C)O[C@H]43)COCCOC[C@H]3OC[C@@H](N4CCOC4=O)[C@H]4OC(C)(C)O[C@H]43)c2)C1)c1ccc(F)cc1. The number of ketones is 1. The number of piperazine rings is 1. The fraction of sp³-hybridized carbons (Fsp3) is 0.699. The quantitative estimate of drug-likeness (QED) is 0.0405. The number of nitrogen functional groups attached to an aromatic ring is 1. The summed E-state index contributed by atoms with van der Waals surface area (Å²) < 4.78 is 149. The van der Waals surface area contributed by atoms with E-state index in [0.29, 0.717) is 73.4 Å².